The largest absolute Gasteiger partial charge is 0.756 e. The number of hydrogen-bond acceptors (Lipinski definition) is 16. The van der Waals surface area contributed by atoms with Gasteiger partial charge in [0.15, 0.2) is 47.4 Å². The highest BCUT2D eigenvalue weighted by atomic mass is 31.2. The number of halogens is 2. The highest BCUT2D eigenvalue weighted by molar-refractivity contribution is 7.47. The van der Waals surface area contributed by atoms with Crippen molar-refractivity contribution in [3.63, 3.8) is 0 Å². The molecule has 44 heavy (non-hydrogen) atoms. The number of aromatic nitrogens is 8. The van der Waals surface area contributed by atoms with Crippen molar-refractivity contribution in [1.82, 2.24) is 39.0 Å². The number of nitrogen functional groups attached to an aromatic ring is 1. The summed E-state index contributed by atoms with van der Waals surface area (Å²) in [5, 5.41) is 0. The van der Waals surface area contributed by atoms with Gasteiger partial charge in [0.2, 0.25) is 0 Å². The van der Waals surface area contributed by atoms with Gasteiger partial charge in [0.05, 0.1) is 32.2 Å². The molecule has 0 aromatic carbocycles. The van der Waals surface area contributed by atoms with E-state index in [1.807, 2.05) is 0 Å². The molecule has 0 amide bonds. The number of fused-ring (bicyclic) bond motifs is 4. The molecular formula is C20H20F2N9O11P2-. The minimum atomic E-state index is -5.40. The van der Waals surface area contributed by atoms with Crippen molar-refractivity contribution in [2.45, 2.75) is 49.2 Å². The molecule has 20 nitrogen and oxygen atoms in total. The Bertz CT molecular complexity index is 1890. The lowest BCUT2D eigenvalue weighted by molar-refractivity contribution is -0.235. The second kappa shape index (κ2) is 10.7. The SMILES string of the molecule is Nc1ncnc2c1ncn2[C@@H]1O[C@@H]2COP(=O)([O-])O[C@H]3[C@@H](F)[C@H](n4cnc5c(=O)[nH]cnc54)O[C@@H]3COP(=O)(O)O[C@H]2[C@H]1F. The number of nitrogens with zero attached hydrogens (tertiary/aromatic N) is 7. The Morgan fingerprint density at radius 1 is 0.909 bits per heavy atom. The first kappa shape index (κ1) is 29.4. The lowest BCUT2D eigenvalue weighted by Gasteiger charge is -2.31. The summed E-state index contributed by atoms with van der Waals surface area (Å²) in [5.74, 6) is -0.0155. The van der Waals surface area contributed by atoms with Crippen LogP contribution in [-0.2, 0) is 36.7 Å². The van der Waals surface area contributed by atoms with Crippen molar-refractivity contribution >= 4 is 43.8 Å². The summed E-state index contributed by atoms with van der Waals surface area (Å²) < 4.78 is 90.7. The molecule has 4 aromatic rings. The summed E-state index contributed by atoms with van der Waals surface area (Å²) in [6, 6.07) is 0. The molecule has 7 heterocycles. The zero-order valence-electron chi connectivity index (χ0n) is 21.7. The van der Waals surface area contributed by atoms with Crippen LogP contribution in [-0.4, -0.2) is 93.9 Å². The second-order valence-electron chi connectivity index (χ2n) is 9.81. The Morgan fingerprint density at radius 3 is 2.18 bits per heavy atom. The number of ether oxygens (including phenoxy) is 2. The minimum Gasteiger partial charge on any atom is -0.756 e. The molecule has 3 aliphatic rings. The normalized spacial score (nSPS) is 38.3. The first-order valence-electron chi connectivity index (χ1n) is 12.6. The van der Waals surface area contributed by atoms with Crippen LogP contribution >= 0.6 is 15.6 Å². The van der Waals surface area contributed by atoms with Crippen LogP contribution in [0.15, 0.2) is 30.1 Å². The van der Waals surface area contributed by atoms with Gasteiger partial charge in [-0.1, -0.05) is 0 Å². The van der Waals surface area contributed by atoms with Gasteiger partial charge in [0.25, 0.3) is 13.4 Å². The first-order valence-corrected chi connectivity index (χ1v) is 15.6. The third kappa shape index (κ3) is 5.02. The number of nitrogens with two attached hydrogens (primary N) is 1. The van der Waals surface area contributed by atoms with Crippen LogP contribution in [0.4, 0.5) is 14.6 Å². The average molecular weight is 662 g/mol. The molecule has 3 saturated heterocycles. The lowest BCUT2D eigenvalue weighted by Crippen LogP contribution is -2.38. The maximum absolute atomic E-state index is 15.8. The molecule has 3 fully saturated rings. The van der Waals surface area contributed by atoms with E-state index >= 15 is 8.78 Å². The van der Waals surface area contributed by atoms with E-state index in [0.717, 1.165) is 34.4 Å². The number of nitrogens with one attached hydrogen (secondary N) is 1. The van der Waals surface area contributed by atoms with Gasteiger partial charge < -0.3 is 39.0 Å². The zero-order valence-corrected chi connectivity index (χ0v) is 23.5. The summed E-state index contributed by atoms with van der Waals surface area (Å²) in [6.07, 6.45) is -10.7. The van der Waals surface area contributed by atoms with Crippen LogP contribution in [0.2, 0.25) is 0 Å². The van der Waals surface area contributed by atoms with Crippen molar-refractivity contribution in [3.05, 3.63) is 35.7 Å². The molecule has 0 aliphatic carbocycles. The Morgan fingerprint density at radius 2 is 1.50 bits per heavy atom. The smallest absolute Gasteiger partial charge is 0.472 e. The van der Waals surface area contributed by atoms with E-state index < -0.39 is 83.6 Å². The Kier molecular flexibility index (Phi) is 7.12. The number of anilines is 1. The molecule has 4 N–H and O–H groups in total. The van der Waals surface area contributed by atoms with Crippen LogP contribution in [0.1, 0.15) is 12.5 Å². The molecule has 2 unspecified atom stereocenters. The van der Waals surface area contributed by atoms with E-state index in [1.165, 1.54) is 0 Å². The monoisotopic (exact) mass is 662 g/mol. The standard InChI is InChI=1S/C20H21F2N9O11P2/c21-9-13-7(39-19(9)30-5-28-11-15(23)24-3-25-16(11)30)1-37-44(35,36)42-14-8(2-38-43(33,34)41-13)40-20(10(14)22)31-6-29-12-17(31)26-4-27-18(12)32/h3-10,13-14,19-20H,1-2H2,(H,33,34)(H,35,36)(H2,23,24,25)(H,26,27,32)/p-1/t7-,8-,9-,10-,13-,14-,19-,20-/m1/s1. The number of rotatable bonds is 2. The number of imidazole rings is 2. The van der Waals surface area contributed by atoms with E-state index in [9.17, 15) is 23.7 Å². The Hall–Kier alpha value is -3.30. The predicted octanol–water partition coefficient (Wildman–Crippen LogP) is -0.601. The molecule has 10 atom stereocenters. The van der Waals surface area contributed by atoms with Crippen molar-refractivity contribution < 1.29 is 55.3 Å². The molecule has 236 valence electrons. The van der Waals surface area contributed by atoms with Crippen LogP contribution < -0.4 is 16.2 Å². The molecular weight excluding hydrogens is 642 g/mol. The predicted molar refractivity (Wildman–Crippen MR) is 135 cm³/mol. The minimum absolute atomic E-state index is 0.0155. The van der Waals surface area contributed by atoms with Gasteiger partial charge >= 0.3 is 7.82 Å². The third-order valence-corrected chi connectivity index (χ3v) is 9.09. The van der Waals surface area contributed by atoms with Gasteiger partial charge in [0.1, 0.15) is 36.3 Å². The van der Waals surface area contributed by atoms with Crippen molar-refractivity contribution in [2.75, 3.05) is 18.9 Å². The molecule has 0 spiro atoms. The first-order chi connectivity index (χ1) is 20.9. The maximum atomic E-state index is 15.8. The van der Waals surface area contributed by atoms with Gasteiger partial charge in [-0.15, -0.1) is 0 Å². The number of H-pyrrole nitrogens is 1. The third-order valence-electron chi connectivity index (χ3n) is 7.14. The van der Waals surface area contributed by atoms with Gasteiger partial charge in [-0.25, -0.2) is 38.3 Å². The summed E-state index contributed by atoms with van der Waals surface area (Å²) in [5.41, 5.74) is 5.02. The zero-order chi connectivity index (χ0) is 31.0. The van der Waals surface area contributed by atoms with Crippen molar-refractivity contribution in [2.24, 2.45) is 0 Å². The summed E-state index contributed by atoms with van der Waals surface area (Å²) in [7, 11) is -10.6. The molecule has 0 radical (unpaired) electrons. The number of alkyl halides is 2. The summed E-state index contributed by atoms with van der Waals surface area (Å²) in [6.45, 7) is -1.94. The van der Waals surface area contributed by atoms with Crippen molar-refractivity contribution in [1.29, 1.82) is 0 Å². The quantitative estimate of drug-likeness (QED) is 0.226. The van der Waals surface area contributed by atoms with Crippen LogP contribution in [0.5, 0.6) is 0 Å². The van der Waals surface area contributed by atoms with E-state index in [0.29, 0.717) is 0 Å². The number of aromatic amines is 1. The lowest BCUT2D eigenvalue weighted by atomic mass is 10.1. The van der Waals surface area contributed by atoms with Gasteiger partial charge in [0, 0.05) is 0 Å². The van der Waals surface area contributed by atoms with E-state index in [2.05, 4.69) is 29.9 Å². The van der Waals surface area contributed by atoms with Crippen LogP contribution in [0.3, 0.4) is 0 Å². The van der Waals surface area contributed by atoms with Crippen molar-refractivity contribution in [3.8, 4) is 0 Å². The molecule has 3 aliphatic heterocycles. The van der Waals surface area contributed by atoms with Gasteiger partial charge in [-0.05, 0) is 0 Å². The number of phosphoric ester groups is 2. The Labute approximate surface area is 242 Å². The number of hydrogen-bond donors (Lipinski definition) is 3. The molecule has 24 heteroatoms. The summed E-state index contributed by atoms with van der Waals surface area (Å²) >= 11 is 0. The molecule has 0 bridgehead atoms. The fourth-order valence-corrected chi connectivity index (χ4v) is 7.05. The topological polar surface area (TPSA) is 266 Å². The molecule has 7 rings (SSSR count). The average Bonchev–Trinajstić information content (AvgIpc) is 3.73. The van der Waals surface area contributed by atoms with E-state index in [1.54, 1.807) is 0 Å². The fourth-order valence-electron chi connectivity index (χ4n) is 5.16. The van der Waals surface area contributed by atoms with Gasteiger partial charge in [-0.2, -0.15) is 0 Å². The second-order valence-corrected chi connectivity index (χ2v) is 12.6. The fraction of sp³-hybridized carbons (Fsp3) is 0.500. The maximum Gasteiger partial charge on any atom is 0.472 e. The van der Waals surface area contributed by atoms with Crippen LogP contribution in [0.25, 0.3) is 22.3 Å². The number of phosphoric acid groups is 2. The van der Waals surface area contributed by atoms with E-state index in [-0.39, 0.29) is 28.1 Å². The van der Waals surface area contributed by atoms with Gasteiger partial charge in [-0.3, -0.25) is 27.5 Å². The summed E-state index contributed by atoms with van der Waals surface area (Å²) in [4.78, 5) is 57.3. The Balaban J connectivity index is 1.17. The highest BCUT2D eigenvalue weighted by Gasteiger charge is 2.54. The molecule has 4 aromatic heterocycles. The highest BCUT2D eigenvalue weighted by Crippen LogP contribution is 2.53. The van der Waals surface area contributed by atoms with Crippen LogP contribution in [0, 0.1) is 0 Å². The molecule has 0 saturated carbocycles. The van der Waals surface area contributed by atoms with E-state index in [4.69, 9.17) is 33.3 Å².